The van der Waals surface area contributed by atoms with Gasteiger partial charge < -0.3 is 15.4 Å². The summed E-state index contributed by atoms with van der Waals surface area (Å²) in [6.07, 6.45) is 4.79. The molecule has 2 N–H and O–H groups in total. The predicted molar refractivity (Wildman–Crippen MR) is 152 cm³/mol. The lowest BCUT2D eigenvalue weighted by Gasteiger charge is -2.16. The molecule has 0 unspecified atom stereocenters. The number of carbonyl (C=O) groups is 1. The third kappa shape index (κ3) is 5.23. The van der Waals surface area contributed by atoms with Crippen molar-refractivity contribution in [3.05, 3.63) is 106 Å². The van der Waals surface area contributed by atoms with E-state index >= 15 is 4.39 Å². The molecule has 0 radical (unpaired) electrons. The zero-order valence-corrected chi connectivity index (χ0v) is 22.2. The molecule has 206 valence electrons. The minimum absolute atomic E-state index is 0.0313. The van der Waals surface area contributed by atoms with Crippen LogP contribution in [0, 0.1) is 31.4 Å². The average Bonchev–Trinajstić information content (AvgIpc) is 3.80. The van der Waals surface area contributed by atoms with Crippen LogP contribution >= 0.6 is 0 Å². The molecule has 1 saturated carbocycles. The Morgan fingerprint density at radius 3 is 2.49 bits per heavy atom. The highest BCUT2D eigenvalue weighted by Gasteiger charge is 2.29. The minimum Gasteiger partial charge on any atom is -0.457 e. The summed E-state index contributed by atoms with van der Waals surface area (Å²) in [6.45, 7) is 3.36. The van der Waals surface area contributed by atoms with E-state index in [1.807, 2.05) is 6.07 Å². The smallest absolute Gasteiger partial charge is 0.266 e. The first-order chi connectivity index (χ1) is 19.8. The first-order valence-electron chi connectivity index (χ1n) is 13.1. The van der Waals surface area contributed by atoms with Crippen LogP contribution < -0.4 is 20.9 Å². The van der Waals surface area contributed by atoms with Gasteiger partial charge in [0, 0.05) is 41.3 Å². The fourth-order valence-electron chi connectivity index (χ4n) is 4.63. The molecule has 0 spiro atoms. The minimum atomic E-state index is -0.580. The number of halogens is 2. The zero-order valence-electron chi connectivity index (χ0n) is 22.2. The van der Waals surface area contributed by atoms with Crippen molar-refractivity contribution in [1.82, 2.24) is 14.5 Å². The van der Waals surface area contributed by atoms with Gasteiger partial charge in [0.2, 0.25) is 5.91 Å². The molecule has 0 aliphatic heterocycles. The largest absolute Gasteiger partial charge is 0.457 e. The molecule has 1 aliphatic rings. The number of carbonyl (C=O) groups excluding carboxylic acids is 1. The molecule has 5 aromatic rings. The number of nitrogens with one attached hydrogen (secondary N) is 2. The summed E-state index contributed by atoms with van der Waals surface area (Å²) >= 11 is 0. The summed E-state index contributed by atoms with van der Waals surface area (Å²) in [6, 6.07) is 15.4. The highest BCUT2D eigenvalue weighted by atomic mass is 19.1. The Morgan fingerprint density at radius 1 is 0.976 bits per heavy atom. The molecule has 41 heavy (non-hydrogen) atoms. The van der Waals surface area contributed by atoms with Crippen LogP contribution in [0.1, 0.15) is 24.1 Å². The highest BCUT2D eigenvalue weighted by Crippen LogP contribution is 2.34. The van der Waals surface area contributed by atoms with Gasteiger partial charge in [-0.2, -0.15) is 0 Å². The molecule has 3 heterocycles. The second-order valence-electron chi connectivity index (χ2n) is 9.94. The summed E-state index contributed by atoms with van der Waals surface area (Å²) in [5, 5.41) is 6.63. The Labute approximate surface area is 233 Å². The highest BCUT2D eigenvalue weighted by molar-refractivity contribution is 5.94. The first kappa shape index (κ1) is 26.1. The number of anilines is 3. The molecule has 6 rings (SSSR count). The van der Waals surface area contributed by atoms with Crippen molar-refractivity contribution in [3.8, 4) is 17.2 Å². The lowest BCUT2D eigenvalue weighted by Crippen LogP contribution is -2.21. The van der Waals surface area contributed by atoms with Gasteiger partial charge in [-0.15, -0.1) is 0 Å². The molecule has 3 aromatic heterocycles. The van der Waals surface area contributed by atoms with Gasteiger partial charge in [-0.1, -0.05) is 0 Å². The Bertz CT molecular complexity index is 1870. The average molecular weight is 554 g/mol. The number of fused-ring (bicyclic) bond motifs is 1. The molecule has 0 bridgehead atoms. The third-order valence-electron chi connectivity index (χ3n) is 6.95. The summed E-state index contributed by atoms with van der Waals surface area (Å²) in [5.74, 6) is 0.175. The predicted octanol–water partition coefficient (Wildman–Crippen LogP) is 6.56. The summed E-state index contributed by atoms with van der Waals surface area (Å²) < 4.78 is 36.5. The van der Waals surface area contributed by atoms with Gasteiger partial charge in [-0.05, 0) is 86.7 Å². The molecule has 0 atom stereocenters. The molecule has 1 aliphatic carbocycles. The molecular formula is C31H25F2N5O3. The van der Waals surface area contributed by atoms with Crippen molar-refractivity contribution in [2.24, 2.45) is 5.92 Å². The van der Waals surface area contributed by atoms with Gasteiger partial charge in [0.05, 0.1) is 11.1 Å². The molecule has 10 heteroatoms. The third-order valence-corrected chi connectivity index (χ3v) is 6.95. The summed E-state index contributed by atoms with van der Waals surface area (Å²) in [5.41, 5.74) is 1.12. The van der Waals surface area contributed by atoms with Gasteiger partial charge in [0.15, 0.2) is 5.82 Å². The topological polar surface area (TPSA) is 98.1 Å². The van der Waals surface area contributed by atoms with Gasteiger partial charge in [0.1, 0.15) is 29.0 Å². The van der Waals surface area contributed by atoms with E-state index in [1.165, 1.54) is 47.3 Å². The van der Waals surface area contributed by atoms with Gasteiger partial charge >= 0.3 is 0 Å². The lowest BCUT2D eigenvalue weighted by atomic mass is 10.1. The maximum atomic E-state index is 15.6. The number of pyridine rings is 3. The van der Waals surface area contributed by atoms with E-state index < -0.39 is 11.6 Å². The SMILES string of the molecule is Cc1c(Oc2ccnc(NC(=O)C3CC3)c2)ccc(Nc2nccc3cc(C)n(-c4ccc(F)cc4)c(=O)c23)c1F. The summed E-state index contributed by atoms with van der Waals surface area (Å²) in [4.78, 5) is 34.2. The number of hydrogen-bond donors (Lipinski definition) is 2. The molecule has 0 saturated heterocycles. The second kappa shape index (κ2) is 10.5. The van der Waals surface area contributed by atoms with E-state index in [1.54, 1.807) is 38.1 Å². The molecular weight excluding hydrogens is 528 g/mol. The quantitative estimate of drug-likeness (QED) is 0.237. The molecule has 8 nitrogen and oxygen atoms in total. The van der Waals surface area contributed by atoms with E-state index in [9.17, 15) is 14.0 Å². The number of benzene rings is 2. The second-order valence-corrected chi connectivity index (χ2v) is 9.94. The van der Waals surface area contributed by atoms with Crippen LogP contribution in [0.4, 0.5) is 26.1 Å². The first-order valence-corrected chi connectivity index (χ1v) is 13.1. The van der Waals surface area contributed by atoms with Crippen LogP contribution in [0.15, 0.2) is 77.9 Å². The van der Waals surface area contributed by atoms with Gasteiger partial charge in [0.25, 0.3) is 5.56 Å². The van der Waals surface area contributed by atoms with E-state index in [2.05, 4.69) is 20.6 Å². The van der Waals surface area contributed by atoms with Crippen LogP contribution in [0.3, 0.4) is 0 Å². The van der Waals surface area contributed by atoms with Crippen LogP contribution in [-0.4, -0.2) is 20.4 Å². The fraction of sp³-hybridized carbons (Fsp3) is 0.161. The number of aryl methyl sites for hydroxylation is 1. The number of ether oxygens (including phenoxy) is 1. The Balaban J connectivity index is 1.30. The van der Waals surface area contributed by atoms with Crippen LogP contribution in [0.2, 0.25) is 0 Å². The number of nitrogens with zero attached hydrogens (tertiary/aromatic N) is 3. The Kier molecular flexibility index (Phi) is 6.66. The number of aromatic nitrogens is 3. The van der Waals surface area contributed by atoms with Crippen molar-refractivity contribution >= 4 is 34.0 Å². The van der Waals surface area contributed by atoms with Gasteiger partial charge in [-0.25, -0.2) is 18.7 Å². The number of amides is 1. The normalized spacial score (nSPS) is 12.8. The summed E-state index contributed by atoms with van der Waals surface area (Å²) in [7, 11) is 0. The standard InChI is InChI=1S/C31H25F2N5O3/c1-17-15-20-11-13-35-29(27(20)31(40)38(17)22-7-5-21(32)6-8-22)36-24-9-10-25(18(2)28(24)33)41-23-12-14-34-26(16-23)37-30(39)19-3-4-19/h5-16,19H,3-4H2,1-2H3,(H,35,36)(H,34,37,39). The van der Waals surface area contributed by atoms with E-state index in [0.29, 0.717) is 28.3 Å². The number of rotatable bonds is 7. The number of hydrogen-bond acceptors (Lipinski definition) is 6. The van der Waals surface area contributed by atoms with Crippen molar-refractivity contribution in [2.75, 3.05) is 10.6 Å². The van der Waals surface area contributed by atoms with E-state index in [4.69, 9.17) is 4.74 Å². The maximum Gasteiger partial charge on any atom is 0.266 e. The molecule has 1 amide bonds. The van der Waals surface area contributed by atoms with E-state index in [0.717, 1.165) is 12.8 Å². The van der Waals surface area contributed by atoms with E-state index in [-0.39, 0.29) is 45.6 Å². The Morgan fingerprint density at radius 2 is 1.73 bits per heavy atom. The van der Waals surface area contributed by atoms with Crippen LogP contribution in [0.25, 0.3) is 16.5 Å². The zero-order chi connectivity index (χ0) is 28.7. The van der Waals surface area contributed by atoms with Crippen LogP contribution in [0.5, 0.6) is 11.5 Å². The van der Waals surface area contributed by atoms with Crippen molar-refractivity contribution in [2.45, 2.75) is 26.7 Å². The monoisotopic (exact) mass is 553 g/mol. The van der Waals surface area contributed by atoms with Crippen molar-refractivity contribution < 1.29 is 18.3 Å². The van der Waals surface area contributed by atoms with Crippen molar-refractivity contribution in [1.29, 1.82) is 0 Å². The van der Waals surface area contributed by atoms with Crippen molar-refractivity contribution in [3.63, 3.8) is 0 Å². The van der Waals surface area contributed by atoms with Gasteiger partial charge in [-0.3, -0.25) is 14.2 Å². The molecule has 2 aromatic carbocycles. The Hall–Kier alpha value is -5.12. The maximum absolute atomic E-state index is 15.6. The lowest BCUT2D eigenvalue weighted by molar-refractivity contribution is -0.117. The fourth-order valence-corrected chi connectivity index (χ4v) is 4.63. The molecule has 1 fully saturated rings. The van der Waals surface area contributed by atoms with Crippen LogP contribution in [-0.2, 0) is 4.79 Å².